The van der Waals surface area contributed by atoms with Gasteiger partial charge in [-0.1, -0.05) is 18.5 Å². The van der Waals surface area contributed by atoms with Crippen LogP contribution in [0.3, 0.4) is 0 Å². The molecule has 0 saturated carbocycles. The van der Waals surface area contributed by atoms with E-state index in [2.05, 4.69) is 22.1 Å². The monoisotopic (exact) mass is 279 g/mol. The number of amides is 1. The Morgan fingerprint density at radius 2 is 2.37 bits per heavy atom. The summed E-state index contributed by atoms with van der Waals surface area (Å²) in [6.07, 6.45) is 2.99. The maximum atomic E-state index is 12.4. The predicted octanol–water partition coefficient (Wildman–Crippen LogP) is 2.43. The largest absolute Gasteiger partial charge is 0.324 e. The van der Waals surface area contributed by atoms with E-state index in [1.807, 2.05) is 6.07 Å². The van der Waals surface area contributed by atoms with Crippen LogP contribution in [-0.4, -0.2) is 35.4 Å². The van der Waals surface area contributed by atoms with Gasteiger partial charge in [0.1, 0.15) is 10.6 Å². The molecule has 0 bridgehead atoms. The number of nitrogens with one attached hydrogen (secondary N) is 1. The molecule has 1 aromatic rings. The molecule has 4 nitrogen and oxygen atoms in total. The van der Waals surface area contributed by atoms with Crippen LogP contribution in [-0.2, 0) is 10.2 Å². The molecule has 1 amide bonds. The molecule has 1 atom stereocenters. The van der Waals surface area contributed by atoms with Crippen LogP contribution in [0.4, 0.5) is 5.69 Å². The van der Waals surface area contributed by atoms with Crippen molar-refractivity contribution in [3.63, 3.8) is 0 Å². The number of pyridine rings is 1. The topological polar surface area (TPSA) is 45.2 Å². The summed E-state index contributed by atoms with van der Waals surface area (Å²) in [7, 11) is 0. The van der Waals surface area contributed by atoms with E-state index in [0.29, 0.717) is 5.15 Å². The second-order valence-corrected chi connectivity index (χ2v) is 5.83. The highest BCUT2D eigenvalue weighted by Crippen LogP contribution is 2.43. The molecule has 2 aliphatic heterocycles. The van der Waals surface area contributed by atoms with Crippen molar-refractivity contribution in [3.05, 3.63) is 23.0 Å². The Hall–Kier alpha value is -1.13. The molecular formula is C14H18ClN3O. The summed E-state index contributed by atoms with van der Waals surface area (Å²) in [5.41, 5.74) is 1.17. The fourth-order valence-electron chi connectivity index (χ4n) is 3.28. The first kappa shape index (κ1) is 12.9. The lowest BCUT2D eigenvalue weighted by molar-refractivity contribution is -0.123. The summed E-state index contributed by atoms with van der Waals surface area (Å²) in [4.78, 5) is 19.2. The first-order valence-corrected chi connectivity index (χ1v) is 7.24. The van der Waals surface area contributed by atoms with Gasteiger partial charge in [-0.3, -0.25) is 4.79 Å². The Labute approximate surface area is 118 Å². The van der Waals surface area contributed by atoms with E-state index in [1.165, 1.54) is 0 Å². The molecule has 3 heterocycles. The van der Waals surface area contributed by atoms with Gasteiger partial charge in [0.25, 0.3) is 0 Å². The summed E-state index contributed by atoms with van der Waals surface area (Å²) in [5, 5.41) is 3.42. The molecule has 3 rings (SSSR count). The molecule has 1 fully saturated rings. The zero-order chi connectivity index (χ0) is 13.5. The summed E-state index contributed by atoms with van der Waals surface area (Å²) in [6, 6.07) is 3.59. The van der Waals surface area contributed by atoms with E-state index in [9.17, 15) is 4.79 Å². The van der Waals surface area contributed by atoms with E-state index < -0.39 is 5.41 Å². The lowest BCUT2D eigenvalue weighted by atomic mass is 9.77. The first-order valence-electron chi connectivity index (χ1n) is 6.86. The Kier molecular flexibility index (Phi) is 3.23. The van der Waals surface area contributed by atoms with Gasteiger partial charge in [0.05, 0.1) is 11.4 Å². The molecule has 102 valence electrons. The van der Waals surface area contributed by atoms with Crippen molar-refractivity contribution in [1.29, 1.82) is 0 Å². The molecule has 1 aromatic heterocycles. The maximum Gasteiger partial charge on any atom is 0.238 e. The summed E-state index contributed by atoms with van der Waals surface area (Å²) in [5.74, 6) is 0.0815. The van der Waals surface area contributed by atoms with Gasteiger partial charge in [-0.15, -0.1) is 0 Å². The van der Waals surface area contributed by atoms with Crippen molar-refractivity contribution >= 4 is 23.2 Å². The van der Waals surface area contributed by atoms with Crippen LogP contribution in [0.5, 0.6) is 0 Å². The van der Waals surface area contributed by atoms with Crippen molar-refractivity contribution in [2.45, 2.75) is 31.6 Å². The Balaban J connectivity index is 1.99. The van der Waals surface area contributed by atoms with Crippen LogP contribution < -0.4 is 5.32 Å². The fourth-order valence-corrected chi connectivity index (χ4v) is 3.43. The number of carbonyl (C=O) groups is 1. The van der Waals surface area contributed by atoms with Crippen LogP contribution >= 0.6 is 11.6 Å². The van der Waals surface area contributed by atoms with E-state index in [1.54, 1.807) is 6.07 Å². The lowest BCUT2D eigenvalue weighted by Gasteiger charge is -2.38. The molecule has 1 N–H and O–H groups in total. The number of anilines is 1. The number of hydrogen-bond acceptors (Lipinski definition) is 3. The number of carbonyl (C=O) groups excluding carboxylic acids is 1. The summed E-state index contributed by atoms with van der Waals surface area (Å²) >= 11 is 6.01. The number of aromatic nitrogens is 1. The number of nitrogens with zero attached hydrogens (tertiary/aromatic N) is 2. The van der Waals surface area contributed by atoms with Crippen LogP contribution in [0.15, 0.2) is 12.1 Å². The van der Waals surface area contributed by atoms with Gasteiger partial charge in [-0.05, 0) is 44.5 Å². The van der Waals surface area contributed by atoms with Crippen molar-refractivity contribution in [1.82, 2.24) is 9.88 Å². The van der Waals surface area contributed by atoms with Crippen molar-refractivity contribution in [3.8, 4) is 0 Å². The van der Waals surface area contributed by atoms with Gasteiger partial charge in [0, 0.05) is 6.54 Å². The second-order valence-electron chi connectivity index (χ2n) is 5.45. The lowest BCUT2D eigenvalue weighted by Crippen LogP contribution is -2.50. The Morgan fingerprint density at radius 1 is 1.53 bits per heavy atom. The smallest absolute Gasteiger partial charge is 0.238 e. The highest BCUT2D eigenvalue weighted by atomic mass is 35.5. The molecule has 1 spiro atoms. The number of fused-ring (bicyclic) bond motifs is 2. The molecule has 0 aliphatic carbocycles. The van der Waals surface area contributed by atoms with Crippen LogP contribution in [0.25, 0.3) is 0 Å². The van der Waals surface area contributed by atoms with Crippen LogP contribution in [0, 0.1) is 0 Å². The fraction of sp³-hybridized carbons (Fsp3) is 0.571. The van der Waals surface area contributed by atoms with Gasteiger partial charge in [-0.25, -0.2) is 4.98 Å². The van der Waals surface area contributed by atoms with E-state index >= 15 is 0 Å². The average molecular weight is 280 g/mol. The minimum Gasteiger partial charge on any atom is -0.324 e. The zero-order valence-electron chi connectivity index (χ0n) is 11.1. The number of hydrogen-bond donors (Lipinski definition) is 1. The minimum atomic E-state index is -0.492. The maximum absolute atomic E-state index is 12.4. The van der Waals surface area contributed by atoms with E-state index in [-0.39, 0.29) is 5.91 Å². The predicted molar refractivity (Wildman–Crippen MR) is 75.5 cm³/mol. The van der Waals surface area contributed by atoms with Crippen LogP contribution in [0.2, 0.25) is 5.15 Å². The third-order valence-electron chi connectivity index (χ3n) is 4.11. The third-order valence-corrected chi connectivity index (χ3v) is 4.32. The summed E-state index contributed by atoms with van der Waals surface area (Å²) < 4.78 is 0. The molecule has 5 heteroatoms. The zero-order valence-corrected chi connectivity index (χ0v) is 11.8. The molecule has 0 aromatic carbocycles. The van der Waals surface area contributed by atoms with Crippen LogP contribution in [0.1, 0.15) is 31.9 Å². The van der Waals surface area contributed by atoms with Gasteiger partial charge in [0.2, 0.25) is 5.91 Å². The number of piperidine rings is 1. The van der Waals surface area contributed by atoms with Gasteiger partial charge in [-0.2, -0.15) is 0 Å². The Bertz CT molecular complexity index is 517. The number of likely N-dealkylation sites (tertiary alicyclic amines) is 1. The quantitative estimate of drug-likeness (QED) is 0.846. The van der Waals surface area contributed by atoms with Crippen molar-refractivity contribution in [2.24, 2.45) is 0 Å². The van der Waals surface area contributed by atoms with Gasteiger partial charge >= 0.3 is 0 Å². The molecular weight excluding hydrogens is 262 g/mol. The SMILES string of the molecule is CCCN1CCCC2(C1)C(=O)Nc1ccc(Cl)nc12. The summed E-state index contributed by atoms with van der Waals surface area (Å²) in [6.45, 7) is 5.02. The van der Waals surface area contributed by atoms with Gasteiger partial charge < -0.3 is 10.2 Å². The molecule has 1 saturated heterocycles. The standard InChI is InChI=1S/C14H18ClN3O/c1-2-7-18-8-3-6-14(9-18)12-10(16-13(14)19)4-5-11(15)17-12/h4-5H,2-3,6-9H2,1H3,(H,16,19). The molecule has 1 unspecified atom stereocenters. The molecule has 2 aliphatic rings. The molecule has 0 radical (unpaired) electrons. The van der Waals surface area contributed by atoms with Crippen molar-refractivity contribution < 1.29 is 4.79 Å². The first-order chi connectivity index (χ1) is 9.15. The Morgan fingerprint density at radius 3 is 3.16 bits per heavy atom. The highest BCUT2D eigenvalue weighted by Gasteiger charge is 2.50. The highest BCUT2D eigenvalue weighted by molar-refractivity contribution is 6.29. The molecule has 19 heavy (non-hydrogen) atoms. The third kappa shape index (κ3) is 2.03. The average Bonchev–Trinajstić information content (AvgIpc) is 2.64. The second kappa shape index (κ2) is 4.76. The normalized spacial score (nSPS) is 26.5. The van der Waals surface area contributed by atoms with Gasteiger partial charge in [0.15, 0.2) is 0 Å². The number of halogens is 1. The van der Waals surface area contributed by atoms with E-state index in [4.69, 9.17) is 11.6 Å². The van der Waals surface area contributed by atoms with E-state index in [0.717, 1.165) is 50.3 Å². The number of rotatable bonds is 2. The van der Waals surface area contributed by atoms with Crippen molar-refractivity contribution in [2.75, 3.05) is 25.0 Å². The minimum absolute atomic E-state index is 0.0815.